The molecule has 1 amide bonds. The predicted molar refractivity (Wildman–Crippen MR) is 123 cm³/mol. The molecule has 5 nitrogen and oxygen atoms in total. The van der Waals surface area contributed by atoms with Gasteiger partial charge in [0.05, 0.1) is 5.56 Å². The summed E-state index contributed by atoms with van der Waals surface area (Å²) < 4.78 is 2.11. The van der Waals surface area contributed by atoms with Crippen molar-refractivity contribution in [1.82, 2.24) is 9.88 Å². The number of benzene rings is 3. The van der Waals surface area contributed by atoms with Crippen molar-refractivity contribution >= 4 is 22.8 Å². The van der Waals surface area contributed by atoms with Crippen LogP contribution in [0.2, 0.25) is 0 Å². The molecule has 0 spiro atoms. The zero-order chi connectivity index (χ0) is 22.1. The minimum Gasteiger partial charge on any atom is -0.478 e. The minimum absolute atomic E-state index is 0.152. The van der Waals surface area contributed by atoms with Crippen LogP contribution in [-0.2, 0) is 7.05 Å². The van der Waals surface area contributed by atoms with Gasteiger partial charge in [-0.1, -0.05) is 42.5 Å². The molecule has 1 heterocycles. The van der Waals surface area contributed by atoms with Gasteiger partial charge in [-0.25, -0.2) is 4.79 Å². The van der Waals surface area contributed by atoms with Gasteiger partial charge in [-0.05, 0) is 54.8 Å². The van der Waals surface area contributed by atoms with Crippen molar-refractivity contribution in [3.05, 3.63) is 83.6 Å². The molecule has 0 bridgehead atoms. The fourth-order valence-corrected chi connectivity index (χ4v) is 4.15. The van der Waals surface area contributed by atoms with E-state index in [-0.39, 0.29) is 11.5 Å². The van der Waals surface area contributed by atoms with Crippen molar-refractivity contribution in [2.75, 3.05) is 6.54 Å². The first-order valence-electron chi connectivity index (χ1n) is 10.2. The Morgan fingerprint density at radius 1 is 0.935 bits per heavy atom. The largest absolute Gasteiger partial charge is 0.478 e. The van der Waals surface area contributed by atoms with Crippen molar-refractivity contribution in [2.24, 2.45) is 7.05 Å². The van der Waals surface area contributed by atoms with E-state index in [1.165, 1.54) is 0 Å². The molecule has 5 heteroatoms. The summed E-state index contributed by atoms with van der Waals surface area (Å²) in [7, 11) is 2.00. The number of fused-ring (bicyclic) bond motifs is 1. The summed E-state index contributed by atoms with van der Waals surface area (Å²) in [5.41, 5.74) is 6.24. The lowest BCUT2D eigenvalue weighted by Gasteiger charge is -2.15. The topological polar surface area (TPSA) is 71.3 Å². The van der Waals surface area contributed by atoms with Gasteiger partial charge in [0.2, 0.25) is 0 Å². The van der Waals surface area contributed by atoms with Crippen LogP contribution in [0.1, 0.15) is 33.3 Å². The predicted octanol–water partition coefficient (Wildman–Crippen LogP) is 5.27. The third kappa shape index (κ3) is 3.48. The van der Waals surface area contributed by atoms with Crippen molar-refractivity contribution in [3.63, 3.8) is 0 Å². The lowest BCUT2D eigenvalue weighted by atomic mass is 9.89. The molecular formula is C26H24N2O3. The molecular weight excluding hydrogens is 388 g/mol. The first-order valence-corrected chi connectivity index (χ1v) is 10.2. The highest BCUT2D eigenvalue weighted by Crippen LogP contribution is 2.41. The number of rotatable bonds is 5. The van der Waals surface area contributed by atoms with Crippen molar-refractivity contribution in [2.45, 2.75) is 13.8 Å². The molecule has 0 unspecified atom stereocenters. The Labute approximate surface area is 181 Å². The summed E-state index contributed by atoms with van der Waals surface area (Å²) >= 11 is 0. The highest BCUT2D eigenvalue weighted by Gasteiger charge is 2.21. The van der Waals surface area contributed by atoms with Crippen molar-refractivity contribution in [1.29, 1.82) is 0 Å². The molecule has 0 atom stereocenters. The summed E-state index contributed by atoms with van der Waals surface area (Å²) in [6, 6.07) is 20.6. The van der Waals surface area contributed by atoms with Crippen LogP contribution in [0.3, 0.4) is 0 Å². The lowest BCUT2D eigenvalue weighted by Crippen LogP contribution is -2.23. The summed E-state index contributed by atoms with van der Waals surface area (Å²) in [6.45, 7) is 4.44. The Kier molecular flexibility index (Phi) is 5.34. The van der Waals surface area contributed by atoms with Crippen molar-refractivity contribution in [3.8, 4) is 22.3 Å². The molecule has 0 aliphatic carbocycles. The second-order valence-corrected chi connectivity index (χ2v) is 7.51. The molecule has 0 fully saturated rings. The lowest BCUT2D eigenvalue weighted by molar-refractivity contribution is 0.0696. The van der Waals surface area contributed by atoms with E-state index in [2.05, 4.69) is 16.0 Å². The molecule has 3 aromatic carbocycles. The van der Waals surface area contributed by atoms with Crippen LogP contribution in [0, 0.1) is 6.92 Å². The van der Waals surface area contributed by atoms with E-state index in [0.717, 1.165) is 38.9 Å². The maximum Gasteiger partial charge on any atom is 0.335 e. The van der Waals surface area contributed by atoms with E-state index >= 15 is 0 Å². The number of carbonyl (C=O) groups excluding carboxylic acids is 1. The van der Waals surface area contributed by atoms with Gasteiger partial charge in [0.15, 0.2) is 0 Å². The number of aromatic nitrogens is 1. The number of nitrogens with zero attached hydrogens (tertiary/aromatic N) is 1. The monoisotopic (exact) mass is 412 g/mol. The molecule has 4 aromatic rings. The van der Waals surface area contributed by atoms with Crippen molar-refractivity contribution < 1.29 is 14.7 Å². The average Bonchev–Trinajstić information content (AvgIpc) is 3.03. The van der Waals surface area contributed by atoms with Crippen LogP contribution in [0.4, 0.5) is 0 Å². The summed E-state index contributed by atoms with van der Waals surface area (Å²) in [5, 5.41) is 13.6. The molecule has 31 heavy (non-hydrogen) atoms. The van der Waals surface area contributed by atoms with Gasteiger partial charge in [0, 0.05) is 41.3 Å². The van der Waals surface area contributed by atoms with E-state index in [9.17, 15) is 14.7 Å². The second-order valence-electron chi connectivity index (χ2n) is 7.51. The summed E-state index contributed by atoms with van der Waals surface area (Å²) in [4.78, 5) is 24.5. The minimum atomic E-state index is -0.984. The number of amides is 1. The van der Waals surface area contributed by atoms with E-state index in [1.807, 2.05) is 57.3 Å². The van der Waals surface area contributed by atoms with E-state index < -0.39 is 5.97 Å². The van der Waals surface area contributed by atoms with Crippen LogP contribution in [0.15, 0.2) is 66.7 Å². The van der Waals surface area contributed by atoms with Gasteiger partial charge in [0.1, 0.15) is 0 Å². The fraction of sp³-hybridized carbons (Fsp3) is 0.154. The van der Waals surface area contributed by atoms with E-state index in [4.69, 9.17) is 0 Å². The third-order valence-electron chi connectivity index (χ3n) is 5.73. The number of carboxylic acids is 1. The standard InChI is InChI=1S/C26H24N2O3/c1-4-27-25(29)20-10-6-5-9-18(20)19-14-13-17(26(30)31)15-22(19)24-16(2)28(3)23-12-8-7-11-21(23)24/h5-15H,4H2,1-3H3,(H,27,29)(H,30,31). The van der Waals surface area contributed by atoms with Gasteiger partial charge in [-0.15, -0.1) is 0 Å². The molecule has 1 aromatic heterocycles. The molecule has 0 saturated heterocycles. The Balaban J connectivity index is 2.07. The number of aromatic carboxylic acids is 1. The third-order valence-corrected chi connectivity index (χ3v) is 5.73. The van der Waals surface area contributed by atoms with Crippen LogP contribution in [-0.4, -0.2) is 28.1 Å². The maximum absolute atomic E-state index is 12.7. The van der Waals surface area contributed by atoms with Gasteiger partial charge in [0.25, 0.3) is 5.91 Å². The highest BCUT2D eigenvalue weighted by atomic mass is 16.4. The Bertz CT molecular complexity index is 1320. The fourth-order valence-electron chi connectivity index (χ4n) is 4.15. The number of carboxylic acid groups (broad SMARTS) is 1. The molecule has 0 aliphatic rings. The van der Waals surface area contributed by atoms with Gasteiger partial charge in [-0.2, -0.15) is 0 Å². The molecule has 0 aliphatic heterocycles. The summed E-state index contributed by atoms with van der Waals surface area (Å²) in [5.74, 6) is -1.14. The second kappa shape index (κ2) is 8.11. The molecule has 4 rings (SSSR count). The van der Waals surface area contributed by atoms with Crippen LogP contribution in [0.25, 0.3) is 33.2 Å². The van der Waals surface area contributed by atoms with Gasteiger partial charge in [-0.3, -0.25) is 4.79 Å². The van der Waals surface area contributed by atoms with E-state index in [0.29, 0.717) is 12.1 Å². The highest BCUT2D eigenvalue weighted by molar-refractivity contribution is 6.07. The molecule has 156 valence electrons. The van der Waals surface area contributed by atoms with Gasteiger partial charge >= 0.3 is 5.97 Å². The number of hydrogen-bond donors (Lipinski definition) is 2. The van der Waals surface area contributed by atoms with Gasteiger partial charge < -0.3 is 15.0 Å². The normalized spacial score (nSPS) is 10.9. The average molecular weight is 412 g/mol. The number of aryl methyl sites for hydroxylation is 1. The Hall–Kier alpha value is -3.86. The quantitative estimate of drug-likeness (QED) is 0.469. The zero-order valence-electron chi connectivity index (χ0n) is 17.8. The SMILES string of the molecule is CCNC(=O)c1ccccc1-c1ccc(C(=O)O)cc1-c1c(C)n(C)c2ccccc12. The smallest absolute Gasteiger partial charge is 0.335 e. The number of nitrogens with one attached hydrogen (secondary N) is 1. The zero-order valence-corrected chi connectivity index (χ0v) is 17.8. The van der Waals surface area contributed by atoms with Crippen LogP contribution < -0.4 is 5.32 Å². The Morgan fingerprint density at radius 2 is 1.65 bits per heavy atom. The van der Waals surface area contributed by atoms with E-state index in [1.54, 1.807) is 24.3 Å². The van der Waals surface area contributed by atoms with Crippen LogP contribution in [0.5, 0.6) is 0 Å². The Morgan fingerprint density at radius 3 is 2.39 bits per heavy atom. The molecule has 0 saturated carbocycles. The number of carbonyl (C=O) groups is 2. The number of hydrogen-bond acceptors (Lipinski definition) is 2. The first kappa shape index (κ1) is 20.4. The molecule has 0 radical (unpaired) electrons. The maximum atomic E-state index is 12.7. The van der Waals surface area contributed by atoms with Crippen LogP contribution >= 0.6 is 0 Å². The molecule has 2 N–H and O–H groups in total. The number of para-hydroxylation sites is 1. The first-order chi connectivity index (χ1) is 14.9. The summed E-state index contributed by atoms with van der Waals surface area (Å²) in [6.07, 6.45) is 0.